The van der Waals surface area contributed by atoms with Crippen molar-refractivity contribution in [1.82, 2.24) is 40.1 Å². The third-order valence-electron chi connectivity index (χ3n) is 14.4. The summed E-state index contributed by atoms with van der Waals surface area (Å²) in [5.41, 5.74) is 2.97. The van der Waals surface area contributed by atoms with E-state index >= 15 is 0 Å². The number of rotatable bonds is 24. The van der Waals surface area contributed by atoms with Crippen LogP contribution in [0.15, 0.2) is 71.7 Å². The molecule has 2 aromatic carbocycles. The highest BCUT2D eigenvalue weighted by molar-refractivity contribution is 6.12. The molecule has 4 N–H and O–H groups in total. The molecule has 24 heteroatoms. The van der Waals surface area contributed by atoms with Gasteiger partial charge in [-0.25, -0.2) is 19.3 Å². The molecule has 0 spiro atoms. The monoisotopic (exact) mass is 1090 g/mol. The molecule has 4 aliphatic rings. The summed E-state index contributed by atoms with van der Waals surface area (Å²) < 4.78 is 36.3. The highest BCUT2D eigenvalue weighted by Crippen LogP contribution is 2.43. The number of phenolic OH excluding ortho intramolecular Hbond substituents is 1. The van der Waals surface area contributed by atoms with Crippen LogP contribution in [0.25, 0.3) is 22.3 Å². The predicted octanol–water partition coefficient (Wildman–Crippen LogP) is 3.45. The van der Waals surface area contributed by atoms with E-state index in [2.05, 4.69) is 26.3 Å². The molecule has 1 saturated carbocycles. The summed E-state index contributed by atoms with van der Waals surface area (Å²) in [7, 11) is 0. The standard InChI is InChI=1S/C55H61N9O15/c1-3-39-40-23-38(65)13-14-44(40)59-50-41(39)28-63-45(50)24-43-42(52(63)71)30-77-53(72)55(43,4-2)79-54(73)78-29-34-7-11-36(12-8-34)58-47(67)32-76-31-46(66)56-17-19-74-21-22-75-20-18-62-27-37(60-61-62)25-57-51(70)35-9-5-33(6-10-35)26-64-48(68)15-16-49(64)69/h7-8,11-16,23-24,27,33,35,65H,3-6,9-10,17-22,25-26,28-32H2,1-2H3,(H,56,66)(H,57,70)(H,58,67)/t33?,35?,55-/m0/s1. The van der Waals surface area contributed by atoms with E-state index in [1.807, 2.05) is 6.92 Å². The number of ether oxygens (including phenoxy) is 6. The summed E-state index contributed by atoms with van der Waals surface area (Å²) in [5.74, 6) is -2.24. The Bertz CT molecular complexity index is 3220. The molecular formula is C55H61N9O15. The number of amides is 5. The molecule has 0 radical (unpaired) electrons. The van der Waals surface area contributed by atoms with Gasteiger partial charge in [0.1, 0.15) is 37.9 Å². The van der Waals surface area contributed by atoms with Crippen molar-refractivity contribution in [2.45, 2.75) is 90.8 Å². The summed E-state index contributed by atoms with van der Waals surface area (Å²) in [6, 6.07) is 13.0. The number of cyclic esters (lactones) is 1. The van der Waals surface area contributed by atoms with Gasteiger partial charge in [0.2, 0.25) is 23.3 Å². The number of esters is 1. The number of aromatic hydroxyl groups is 1. The van der Waals surface area contributed by atoms with Gasteiger partial charge in [-0.15, -0.1) is 5.10 Å². The number of benzene rings is 2. The average Bonchev–Trinajstić information content (AvgIpc) is 4.28. The van der Waals surface area contributed by atoms with Crippen LogP contribution in [0.2, 0.25) is 0 Å². The maximum absolute atomic E-state index is 14.0. The molecule has 3 aromatic heterocycles. The van der Waals surface area contributed by atoms with Crippen LogP contribution in [0.5, 0.6) is 5.75 Å². The molecule has 416 valence electrons. The lowest BCUT2D eigenvalue weighted by molar-refractivity contribution is -0.175. The third-order valence-corrected chi connectivity index (χ3v) is 14.4. The smallest absolute Gasteiger partial charge is 0.508 e. The number of imide groups is 1. The molecule has 6 heterocycles. The van der Waals surface area contributed by atoms with Crippen LogP contribution in [-0.2, 0) is 102 Å². The Morgan fingerprint density at radius 1 is 0.848 bits per heavy atom. The number of hydrogen-bond donors (Lipinski definition) is 4. The minimum atomic E-state index is -1.98. The Kier molecular flexibility index (Phi) is 17.5. The quantitative estimate of drug-likeness (QED) is 0.0383. The van der Waals surface area contributed by atoms with Gasteiger partial charge in [-0.2, -0.15) is 0 Å². The summed E-state index contributed by atoms with van der Waals surface area (Å²) in [6.07, 6.45) is 6.61. The van der Waals surface area contributed by atoms with Gasteiger partial charge in [0.25, 0.3) is 17.4 Å². The van der Waals surface area contributed by atoms with Gasteiger partial charge in [0.05, 0.1) is 74.7 Å². The zero-order valence-electron chi connectivity index (χ0n) is 43.8. The second-order valence-corrected chi connectivity index (χ2v) is 19.5. The van der Waals surface area contributed by atoms with Crippen molar-refractivity contribution in [3.8, 4) is 17.1 Å². The Morgan fingerprint density at radius 3 is 2.34 bits per heavy atom. The molecule has 9 rings (SSSR count). The maximum atomic E-state index is 14.0. The first-order chi connectivity index (χ1) is 38.2. The van der Waals surface area contributed by atoms with Gasteiger partial charge < -0.3 is 54.0 Å². The largest absolute Gasteiger partial charge is 0.510 e. The highest BCUT2D eigenvalue weighted by atomic mass is 16.7. The summed E-state index contributed by atoms with van der Waals surface area (Å²) in [4.78, 5) is 108. The maximum Gasteiger partial charge on any atom is 0.510 e. The van der Waals surface area contributed by atoms with Crippen molar-refractivity contribution in [3.63, 3.8) is 0 Å². The van der Waals surface area contributed by atoms with Crippen LogP contribution < -0.4 is 21.5 Å². The van der Waals surface area contributed by atoms with Gasteiger partial charge in [-0.05, 0) is 92.0 Å². The van der Waals surface area contributed by atoms with E-state index in [1.165, 1.54) is 17.1 Å². The molecule has 24 nitrogen and oxygen atoms in total. The van der Waals surface area contributed by atoms with Gasteiger partial charge >= 0.3 is 12.1 Å². The van der Waals surface area contributed by atoms with Crippen molar-refractivity contribution in [2.24, 2.45) is 11.8 Å². The van der Waals surface area contributed by atoms with E-state index in [4.69, 9.17) is 33.4 Å². The van der Waals surface area contributed by atoms with E-state index in [-0.39, 0.29) is 106 Å². The van der Waals surface area contributed by atoms with Crippen LogP contribution in [0.3, 0.4) is 0 Å². The number of anilines is 1. The van der Waals surface area contributed by atoms with Gasteiger partial charge in [-0.1, -0.05) is 31.2 Å². The molecule has 1 fully saturated rings. The minimum absolute atomic E-state index is 0.0517. The van der Waals surface area contributed by atoms with Crippen LogP contribution in [0, 0.1) is 11.8 Å². The summed E-state index contributed by atoms with van der Waals surface area (Å²) in [6.45, 7) is 5.00. The minimum Gasteiger partial charge on any atom is -0.508 e. The lowest BCUT2D eigenvalue weighted by atomic mass is 9.81. The first-order valence-corrected chi connectivity index (χ1v) is 26.3. The summed E-state index contributed by atoms with van der Waals surface area (Å²) in [5, 5.41) is 27.4. The Labute approximate surface area is 452 Å². The number of pyridine rings is 2. The fraction of sp³-hybridized carbons (Fsp3) is 0.436. The molecule has 0 saturated heterocycles. The fourth-order valence-corrected chi connectivity index (χ4v) is 10.3. The number of nitrogens with zero attached hydrogens (tertiary/aromatic N) is 6. The third kappa shape index (κ3) is 12.8. The molecule has 1 aliphatic carbocycles. The van der Waals surface area contributed by atoms with Crippen LogP contribution in [-0.4, -0.2) is 129 Å². The zero-order chi connectivity index (χ0) is 55.6. The number of fused-ring (bicyclic) bond motifs is 5. The van der Waals surface area contributed by atoms with Gasteiger partial charge in [0, 0.05) is 53.4 Å². The predicted molar refractivity (Wildman–Crippen MR) is 278 cm³/mol. The SMILES string of the molecule is CCc1c2c(nc3ccc(O)cc13)-c1cc3c(c(=O)n1C2)COC(=O)[C@@]3(CC)OC(=O)OCc1ccc(NC(=O)COCC(=O)NCCOCCOCCn2cc(CNC(=O)C3CCC(CN4C(=O)C=CC4=O)CC3)nn2)cc1. The van der Waals surface area contributed by atoms with E-state index in [9.17, 15) is 43.5 Å². The van der Waals surface area contributed by atoms with Gasteiger partial charge in [0.15, 0.2) is 0 Å². The first kappa shape index (κ1) is 55.4. The number of aromatic nitrogens is 5. The molecule has 1 atom stereocenters. The molecule has 0 unspecified atom stereocenters. The van der Waals surface area contributed by atoms with Gasteiger partial charge in [-0.3, -0.25) is 33.7 Å². The molecule has 5 amide bonds. The number of nitrogens with one attached hydrogen (secondary N) is 3. The van der Waals surface area contributed by atoms with Crippen molar-refractivity contribution in [3.05, 3.63) is 111 Å². The van der Waals surface area contributed by atoms with E-state index in [1.54, 1.807) is 70.9 Å². The Hall–Kier alpha value is -8.35. The topological polar surface area (TPSA) is 300 Å². The van der Waals surface area contributed by atoms with E-state index in [0.717, 1.165) is 29.4 Å². The van der Waals surface area contributed by atoms with E-state index < -0.39 is 41.7 Å². The second-order valence-electron chi connectivity index (χ2n) is 19.5. The normalized spacial score (nSPS) is 18.2. The number of phenols is 1. The number of carbonyl (C=O) groups excluding carboxylic acids is 7. The van der Waals surface area contributed by atoms with Crippen LogP contribution in [0.1, 0.15) is 79.5 Å². The average molecular weight is 1090 g/mol. The van der Waals surface area contributed by atoms with Crippen molar-refractivity contribution >= 4 is 58.3 Å². The first-order valence-electron chi connectivity index (χ1n) is 26.3. The number of hydrogen-bond acceptors (Lipinski definition) is 18. The lowest BCUT2D eigenvalue weighted by Crippen LogP contribution is -2.47. The molecular weight excluding hydrogens is 1030 g/mol. The highest BCUT2D eigenvalue weighted by Gasteiger charge is 2.51. The van der Waals surface area contributed by atoms with Crippen molar-refractivity contribution < 1.29 is 67.1 Å². The number of aryl methyl sites for hydroxylation is 1. The Morgan fingerprint density at radius 2 is 1.59 bits per heavy atom. The summed E-state index contributed by atoms with van der Waals surface area (Å²) >= 11 is 0. The van der Waals surface area contributed by atoms with Crippen molar-refractivity contribution in [2.75, 3.05) is 58.0 Å². The molecule has 79 heavy (non-hydrogen) atoms. The van der Waals surface area contributed by atoms with E-state index in [0.29, 0.717) is 79.4 Å². The van der Waals surface area contributed by atoms with Crippen LogP contribution in [0.4, 0.5) is 10.5 Å². The number of carbonyl (C=O) groups is 7. The zero-order valence-corrected chi connectivity index (χ0v) is 43.8. The fourth-order valence-electron chi connectivity index (χ4n) is 10.3. The molecule has 0 bridgehead atoms. The Balaban J connectivity index is 0.620. The molecule has 5 aromatic rings. The van der Waals surface area contributed by atoms with Crippen LogP contribution >= 0.6 is 0 Å². The lowest BCUT2D eigenvalue weighted by Gasteiger charge is -2.35. The molecule has 3 aliphatic heterocycles. The van der Waals surface area contributed by atoms with Crippen molar-refractivity contribution in [1.29, 1.82) is 0 Å². The second kappa shape index (κ2) is 25.0.